The largest absolute Gasteiger partial charge is 0.481 e. The molecule has 2 aliphatic rings. The molecule has 0 radical (unpaired) electrons. The maximum atomic E-state index is 12.6. The Bertz CT molecular complexity index is 571. The van der Waals surface area contributed by atoms with Gasteiger partial charge in [0.2, 0.25) is 5.91 Å². The molecule has 1 aromatic carbocycles. The van der Waals surface area contributed by atoms with Gasteiger partial charge < -0.3 is 14.7 Å². The van der Waals surface area contributed by atoms with E-state index in [1.165, 1.54) is 0 Å². The first-order valence-corrected chi connectivity index (χ1v) is 7.29. The van der Waals surface area contributed by atoms with Crippen LogP contribution in [0.1, 0.15) is 30.4 Å². The van der Waals surface area contributed by atoms with Crippen molar-refractivity contribution < 1.29 is 19.4 Å². The van der Waals surface area contributed by atoms with Gasteiger partial charge in [0.05, 0.1) is 17.9 Å². The first kappa shape index (κ1) is 14.1. The standard InChI is InChI=1S/C16H19NO4/c1-10-12(6-7-21-10)15(18)17-8-11-4-2-3-5-13(11)14(9-17)16(19)20/h2-5,10,12,14H,6-9H2,1H3,(H,19,20). The Morgan fingerprint density at radius 1 is 1.33 bits per heavy atom. The summed E-state index contributed by atoms with van der Waals surface area (Å²) in [5, 5.41) is 9.44. The highest BCUT2D eigenvalue weighted by molar-refractivity contribution is 5.83. The van der Waals surface area contributed by atoms with Gasteiger partial charge in [-0.2, -0.15) is 0 Å². The zero-order chi connectivity index (χ0) is 15.0. The van der Waals surface area contributed by atoms with Crippen molar-refractivity contribution in [3.05, 3.63) is 35.4 Å². The summed E-state index contributed by atoms with van der Waals surface area (Å²) in [4.78, 5) is 25.8. The molecular formula is C16H19NO4. The average molecular weight is 289 g/mol. The monoisotopic (exact) mass is 289 g/mol. The quantitative estimate of drug-likeness (QED) is 0.898. The molecule has 0 aliphatic carbocycles. The molecule has 1 saturated heterocycles. The Balaban J connectivity index is 1.86. The molecule has 0 bridgehead atoms. The number of fused-ring (bicyclic) bond motifs is 1. The van der Waals surface area contributed by atoms with Crippen molar-refractivity contribution in [3.63, 3.8) is 0 Å². The van der Waals surface area contributed by atoms with Crippen molar-refractivity contribution in [3.8, 4) is 0 Å². The maximum absolute atomic E-state index is 12.6. The number of carboxylic acid groups (broad SMARTS) is 1. The van der Waals surface area contributed by atoms with Crippen molar-refractivity contribution >= 4 is 11.9 Å². The van der Waals surface area contributed by atoms with Gasteiger partial charge in [-0.15, -0.1) is 0 Å². The number of benzene rings is 1. The topological polar surface area (TPSA) is 66.8 Å². The molecule has 3 unspecified atom stereocenters. The summed E-state index contributed by atoms with van der Waals surface area (Å²) >= 11 is 0. The summed E-state index contributed by atoms with van der Waals surface area (Å²) in [5.74, 6) is -1.65. The fraction of sp³-hybridized carbons (Fsp3) is 0.500. The molecule has 1 amide bonds. The minimum Gasteiger partial charge on any atom is -0.481 e. The second-order valence-corrected chi connectivity index (χ2v) is 5.78. The summed E-state index contributed by atoms with van der Waals surface area (Å²) in [6.45, 7) is 3.24. The number of nitrogens with zero attached hydrogens (tertiary/aromatic N) is 1. The molecule has 2 heterocycles. The number of hydrogen-bond donors (Lipinski definition) is 1. The van der Waals surface area contributed by atoms with E-state index in [4.69, 9.17) is 4.74 Å². The fourth-order valence-electron chi connectivity index (χ4n) is 3.28. The van der Waals surface area contributed by atoms with Crippen LogP contribution in [0, 0.1) is 5.92 Å². The van der Waals surface area contributed by atoms with Crippen LogP contribution in [-0.2, 0) is 20.9 Å². The van der Waals surface area contributed by atoms with Crippen LogP contribution in [0.15, 0.2) is 24.3 Å². The number of amides is 1. The maximum Gasteiger partial charge on any atom is 0.312 e. The number of hydrogen-bond acceptors (Lipinski definition) is 3. The third-order valence-electron chi connectivity index (χ3n) is 4.50. The van der Waals surface area contributed by atoms with E-state index in [-0.39, 0.29) is 24.5 Å². The molecule has 5 nitrogen and oxygen atoms in total. The van der Waals surface area contributed by atoms with E-state index in [9.17, 15) is 14.7 Å². The van der Waals surface area contributed by atoms with Gasteiger partial charge in [0.1, 0.15) is 0 Å². The zero-order valence-corrected chi connectivity index (χ0v) is 12.0. The van der Waals surface area contributed by atoms with E-state index in [1.54, 1.807) is 4.90 Å². The Morgan fingerprint density at radius 3 is 2.76 bits per heavy atom. The molecule has 0 spiro atoms. The normalized spacial score (nSPS) is 28.2. The molecule has 2 aliphatic heterocycles. The van der Waals surface area contributed by atoms with Crippen LogP contribution in [0.3, 0.4) is 0 Å². The van der Waals surface area contributed by atoms with E-state index < -0.39 is 11.9 Å². The van der Waals surface area contributed by atoms with Crippen LogP contribution in [0.5, 0.6) is 0 Å². The molecule has 3 atom stereocenters. The van der Waals surface area contributed by atoms with E-state index in [0.717, 1.165) is 17.5 Å². The molecule has 5 heteroatoms. The number of rotatable bonds is 2. The van der Waals surface area contributed by atoms with Crippen LogP contribution in [-0.4, -0.2) is 41.1 Å². The van der Waals surface area contributed by atoms with Crippen molar-refractivity contribution in [2.24, 2.45) is 5.92 Å². The highest BCUT2D eigenvalue weighted by Gasteiger charge is 2.38. The Morgan fingerprint density at radius 2 is 2.10 bits per heavy atom. The predicted molar refractivity (Wildman–Crippen MR) is 75.8 cm³/mol. The Labute approximate surface area is 123 Å². The summed E-state index contributed by atoms with van der Waals surface area (Å²) in [6, 6.07) is 7.47. The summed E-state index contributed by atoms with van der Waals surface area (Å²) in [6.07, 6.45) is 0.633. The average Bonchev–Trinajstić information content (AvgIpc) is 2.91. The van der Waals surface area contributed by atoms with E-state index in [1.807, 2.05) is 31.2 Å². The van der Waals surface area contributed by atoms with Crippen LogP contribution in [0.4, 0.5) is 0 Å². The molecule has 3 rings (SSSR count). The molecule has 21 heavy (non-hydrogen) atoms. The van der Waals surface area contributed by atoms with Gasteiger partial charge in [-0.1, -0.05) is 24.3 Å². The number of ether oxygens (including phenoxy) is 1. The SMILES string of the molecule is CC1OCCC1C(=O)N1Cc2ccccc2C(C(=O)O)C1. The van der Waals surface area contributed by atoms with E-state index >= 15 is 0 Å². The second-order valence-electron chi connectivity index (χ2n) is 5.78. The highest BCUT2D eigenvalue weighted by Crippen LogP contribution is 2.31. The van der Waals surface area contributed by atoms with Gasteiger partial charge in [-0.05, 0) is 24.5 Å². The van der Waals surface area contributed by atoms with Crippen LogP contribution < -0.4 is 0 Å². The van der Waals surface area contributed by atoms with Crippen molar-refractivity contribution in [2.75, 3.05) is 13.2 Å². The van der Waals surface area contributed by atoms with Gasteiger partial charge in [-0.25, -0.2) is 0 Å². The lowest BCUT2D eigenvalue weighted by Gasteiger charge is -2.34. The number of carbonyl (C=O) groups excluding carboxylic acids is 1. The first-order chi connectivity index (χ1) is 10.1. The Hall–Kier alpha value is -1.88. The van der Waals surface area contributed by atoms with Crippen molar-refractivity contribution in [1.29, 1.82) is 0 Å². The van der Waals surface area contributed by atoms with Crippen LogP contribution in [0.2, 0.25) is 0 Å². The number of carboxylic acids is 1. The van der Waals surface area contributed by atoms with Gasteiger partial charge in [0.25, 0.3) is 0 Å². The van der Waals surface area contributed by atoms with Crippen LogP contribution >= 0.6 is 0 Å². The van der Waals surface area contributed by atoms with Gasteiger partial charge >= 0.3 is 5.97 Å². The highest BCUT2D eigenvalue weighted by atomic mass is 16.5. The molecule has 0 aromatic heterocycles. The molecule has 112 valence electrons. The minimum atomic E-state index is -0.879. The fourth-order valence-corrected chi connectivity index (χ4v) is 3.28. The van der Waals surface area contributed by atoms with Crippen molar-refractivity contribution in [1.82, 2.24) is 4.90 Å². The molecule has 0 saturated carbocycles. The third-order valence-corrected chi connectivity index (χ3v) is 4.50. The van der Waals surface area contributed by atoms with E-state index in [2.05, 4.69) is 0 Å². The number of carbonyl (C=O) groups is 2. The van der Waals surface area contributed by atoms with Crippen molar-refractivity contribution in [2.45, 2.75) is 31.9 Å². The lowest BCUT2D eigenvalue weighted by atomic mass is 9.88. The second kappa shape index (κ2) is 5.48. The van der Waals surface area contributed by atoms with Gasteiger partial charge in [0.15, 0.2) is 0 Å². The predicted octanol–water partition coefficient (Wildman–Crippen LogP) is 1.62. The summed E-state index contributed by atoms with van der Waals surface area (Å²) in [7, 11) is 0. The third kappa shape index (κ3) is 2.53. The minimum absolute atomic E-state index is 0.0146. The van der Waals surface area contributed by atoms with Gasteiger partial charge in [-0.3, -0.25) is 9.59 Å². The summed E-state index contributed by atoms with van der Waals surface area (Å²) in [5.41, 5.74) is 1.75. The van der Waals surface area contributed by atoms with E-state index in [0.29, 0.717) is 13.2 Å². The Kier molecular flexibility index (Phi) is 3.68. The smallest absolute Gasteiger partial charge is 0.312 e. The molecule has 1 fully saturated rings. The lowest BCUT2D eigenvalue weighted by molar-refractivity contribution is -0.143. The number of aliphatic carboxylic acids is 1. The van der Waals surface area contributed by atoms with Crippen LogP contribution in [0.25, 0.3) is 0 Å². The zero-order valence-electron chi connectivity index (χ0n) is 12.0. The molecule has 1 aromatic rings. The molecular weight excluding hydrogens is 270 g/mol. The first-order valence-electron chi connectivity index (χ1n) is 7.29. The lowest BCUT2D eigenvalue weighted by Crippen LogP contribution is -2.44. The van der Waals surface area contributed by atoms with Gasteiger partial charge in [0, 0.05) is 19.7 Å². The molecule has 1 N–H and O–H groups in total. The summed E-state index contributed by atoms with van der Waals surface area (Å²) < 4.78 is 5.46.